The van der Waals surface area contributed by atoms with Crippen molar-refractivity contribution in [2.24, 2.45) is 5.41 Å². The van der Waals surface area contributed by atoms with Crippen molar-refractivity contribution in [1.82, 2.24) is 5.32 Å². The van der Waals surface area contributed by atoms with Crippen LogP contribution >= 0.6 is 11.6 Å². The lowest BCUT2D eigenvalue weighted by Gasteiger charge is -2.35. The summed E-state index contributed by atoms with van der Waals surface area (Å²) in [6.45, 7) is 0.727. The highest BCUT2D eigenvalue weighted by molar-refractivity contribution is 6.27. The molecule has 0 bridgehead atoms. The van der Waals surface area contributed by atoms with Crippen molar-refractivity contribution in [3.8, 4) is 0 Å². The van der Waals surface area contributed by atoms with Crippen molar-refractivity contribution in [2.45, 2.75) is 32.1 Å². The van der Waals surface area contributed by atoms with Crippen LogP contribution in [0.15, 0.2) is 0 Å². The number of halogens is 1. The molecule has 1 amide bonds. The fourth-order valence-corrected chi connectivity index (χ4v) is 2.12. The molecule has 2 N–H and O–H groups in total. The third-order valence-electron chi connectivity index (χ3n) is 3.03. The van der Waals surface area contributed by atoms with Crippen LogP contribution in [0.25, 0.3) is 0 Å². The predicted octanol–water partition coefficient (Wildman–Crippen LogP) is 1.28. The van der Waals surface area contributed by atoms with Gasteiger partial charge in [-0.3, -0.25) is 4.79 Å². The van der Waals surface area contributed by atoms with Crippen LogP contribution in [-0.2, 0) is 4.79 Å². The van der Waals surface area contributed by atoms with E-state index in [4.69, 9.17) is 11.6 Å². The van der Waals surface area contributed by atoms with Gasteiger partial charge in [0.1, 0.15) is 5.88 Å². The molecule has 0 radical (unpaired) electrons. The number of amides is 1. The normalized spacial score (nSPS) is 20.4. The summed E-state index contributed by atoms with van der Waals surface area (Å²) >= 11 is 5.38. The zero-order valence-electron chi connectivity index (χ0n) is 8.39. The number of carbonyl (C=O) groups is 1. The Morgan fingerprint density at radius 2 is 2.00 bits per heavy atom. The van der Waals surface area contributed by atoms with Gasteiger partial charge in [0.2, 0.25) is 5.91 Å². The lowest BCUT2D eigenvalue weighted by Crippen LogP contribution is -2.41. The Bertz CT molecular complexity index is 191. The van der Waals surface area contributed by atoms with Crippen molar-refractivity contribution in [3.63, 3.8) is 0 Å². The van der Waals surface area contributed by atoms with Gasteiger partial charge in [-0.1, -0.05) is 19.3 Å². The molecular weight excluding hydrogens is 202 g/mol. The third-order valence-corrected chi connectivity index (χ3v) is 3.27. The van der Waals surface area contributed by atoms with Crippen molar-refractivity contribution >= 4 is 17.5 Å². The van der Waals surface area contributed by atoms with Gasteiger partial charge in [0.15, 0.2) is 0 Å². The number of nitrogens with one attached hydrogen (secondary N) is 1. The molecule has 0 heterocycles. The van der Waals surface area contributed by atoms with Crippen LogP contribution in [0.5, 0.6) is 0 Å². The molecule has 0 aliphatic heterocycles. The first-order chi connectivity index (χ1) is 6.72. The summed E-state index contributed by atoms with van der Waals surface area (Å²) in [6, 6.07) is 0. The fourth-order valence-electron chi connectivity index (χ4n) is 2.03. The van der Waals surface area contributed by atoms with Gasteiger partial charge in [-0.05, 0) is 12.8 Å². The van der Waals surface area contributed by atoms with E-state index in [1.54, 1.807) is 0 Å². The summed E-state index contributed by atoms with van der Waals surface area (Å²) in [4.78, 5) is 11.0. The summed E-state index contributed by atoms with van der Waals surface area (Å²) < 4.78 is 0. The summed E-state index contributed by atoms with van der Waals surface area (Å²) in [7, 11) is 0. The maximum atomic E-state index is 11.0. The van der Waals surface area contributed by atoms with Crippen LogP contribution in [0.1, 0.15) is 32.1 Å². The summed E-state index contributed by atoms with van der Waals surface area (Å²) in [6.07, 6.45) is 5.55. The first-order valence-corrected chi connectivity index (χ1v) is 5.69. The molecular formula is C10H18ClNO2. The zero-order chi connectivity index (χ0) is 10.4. The largest absolute Gasteiger partial charge is 0.396 e. The van der Waals surface area contributed by atoms with Crippen molar-refractivity contribution < 1.29 is 9.90 Å². The van der Waals surface area contributed by atoms with Gasteiger partial charge in [-0.2, -0.15) is 0 Å². The molecule has 0 saturated heterocycles. The SMILES string of the molecule is O=C(CCl)NCC1(CO)CCCCC1. The van der Waals surface area contributed by atoms with Crippen LogP contribution < -0.4 is 5.32 Å². The van der Waals surface area contributed by atoms with E-state index in [9.17, 15) is 9.90 Å². The molecule has 1 fully saturated rings. The van der Waals surface area contributed by atoms with Gasteiger partial charge >= 0.3 is 0 Å². The second-order valence-corrected chi connectivity index (χ2v) is 4.40. The number of aliphatic hydroxyl groups excluding tert-OH is 1. The van der Waals surface area contributed by atoms with E-state index in [0.717, 1.165) is 25.7 Å². The first kappa shape index (κ1) is 11.8. The smallest absolute Gasteiger partial charge is 0.234 e. The molecule has 1 aliphatic carbocycles. The fraction of sp³-hybridized carbons (Fsp3) is 0.900. The van der Waals surface area contributed by atoms with Crippen molar-refractivity contribution in [2.75, 3.05) is 19.0 Å². The molecule has 0 spiro atoms. The van der Waals surface area contributed by atoms with E-state index in [1.165, 1.54) is 6.42 Å². The minimum absolute atomic E-state index is 0.00150. The second-order valence-electron chi connectivity index (χ2n) is 4.13. The third kappa shape index (κ3) is 3.14. The maximum Gasteiger partial charge on any atom is 0.234 e. The molecule has 1 rings (SSSR count). The monoisotopic (exact) mass is 219 g/mol. The predicted molar refractivity (Wildman–Crippen MR) is 56.3 cm³/mol. The molecule has 82 valence electrons. The van der Waals surface area contributed by atoms with Crippen molar-refractivity contribution in [3.05, 3.63) is 0 Å². The number of carbonyl (C=O) groups excluding carboxylic acids is 1. The Labute approximate surface area is 89.8 Å². The molecule has 14 heavy (non-hydrogen) atoms. The Balaban J connectivity index is 2.39. The molecule has 1 aliphatic rings. The molecule has 3 nitrogen and oxygen atoms in total. The van der Waals surface area contributed by atoms with Gasteiger partial charge < -0.3 is 10.4 Å². The van der Waals surface area contributed by atoms with Crippen molar-refractivity contribution in [1.29, 1.82) is 0 Å². The van der Waals surface area contributed by atoms with Crippen LogP contribution in [0, 0.1) is 5.41 Å². The quantitative estimate of drug-likeness (QED) is 0.700. The Kier molecular flexibility index (Phi) is 4.69. The zero-order valence-corrected chi connectivity index (χ0v) is 9.15. The molecule has 1 saturated carbocycles. The molecule has 0 aromatic heterocycles. The minimum atomic E-state index is -0.148. The highest BCUT2D eigenvalue weighted by atomic mass is 35.5. The molecule has 0 atom stereocenters. The average Bonchev–Trinajstić information content (AvgIpc) is 2.27. The van der Waals surface area contributed by atoms with E-state index >= 15 is 0 Å². The number of alkyl halides is 1. The number of rotatable bonds is 4. The highest BCUT2D eigenvalue weighted by Gasteiger charge is 2.31. The van der Waals surface area contributed by atoms with E-state index in [0.29, 0.717) is 6.54 Å². The lowest BCUT2D eigenvalue weighted by molar-refractivity contribution is -0.119. The molecule has 0 aromatic rings. The van der Waals surface area contributed by atoms with Gasteiger partial charge in [0.25, 0.3) is 0 Å². The molecule has 0 unspecified atom stereocenters. The topological polar surface area (TPSA) is 49.3 Å². The highest BCUT2D eigenvalue weighted by Crippen LogP contribution is 2.35. The van der Waals surface area contributed by atoms with Crippen LogP contribution in [0.3, 0.4) is 0 Å². The second kappa shape index (κ2) is 5.56. The Morgan fingerprint density at radius 1 is 1.36 bits per heavy atom. The van der Waals surface area contributed by atoms with Crippen LogP contribution in [-0.4, -0.2) is 30.0 Å². The van der Waals surface area contributed by atoms with E-state index < -0.39 is 0 Å². The maximum absolute atomic E-state index is 11.0. The molecule has 0 aromatic carbocycles. The van der Waals surface area contributed by atoms with Gasteiger partial charge in [0, 0.05) is 12.0 Å². The van der Waals surface area contributed by atoms with Crippen LogP contribution in [0.4, 0.5) is 0 Å². The Hall–Kier alpha value is -0.280. The summed E-state index contributed by atoms with van der Waals surface area (Å²) in [5.41, 5.74) is -0.0834. The molecule has 4 heteroatoms. The van der Waals surface area contributed by atoms with Gasteiger partial charge in [-0.25, -0.2) is 0 Å². The van der Waals surface area contributed by atoms with Gasteiger partial charge in [-0.15, -0.1) is 11.6 Å². The number of aliphatic hydroxyl groups is 1. The van der Waals surface area contributed by atoms with E-state index in [-0.39, 0.29) is 23.8 Å². The summed E-state index contributed by atoms with van der Waals surface area (Å²) in [5.74, 6) is -0.147. The Morgan fingerprint density at radius 3 is 2.50 bits per heavy atom. The van der Waals surface area contributed by atoms with E-state index in [2.05, 4.69) is 5.32 Å². The number of hydrogen-bond donors (Lipinski definition) is 2. The lowest BCUT2D eigenvalue weighted by atomic mass is 9.74. The summed E-state index contributed by atoms with van der Waals surface area (Å²) in [5, 5.41) is 12.1. The minimum Gasteiger partial charge on any atom is -0.396 e. The van der Waals surface area contributed by atoms with Gasteiger partial charge in [0.05, 0.1) is 6.61 Å². The average molecular weight is 220 g/mol. The first-order valence-electron chi connectivity index (χ1n) is 5.16. The number of hydrogen-bond acceptors (Lipinski definition) is 2. The standard InChI is InChI=1S/C10H18ClNO2/c11-6-9(14)12-7-10(8-13)4-2-1-3-5-10/h13H,1-8H2,(H,12,14). The van der Waals surface area contributed by atoms with E-state index in [1.807, 2.05) is 0 Å². The van der Waals surface area contributed by atoms with Crippen LogP contribution in [0.2, 0.25) is 0 Å².